The number of benzene rings is 4. The van der Waals surface area contributed by atoms with Crippen molar-refractivity contribution in [2.75, 3.05) is 12.4 Å². The van der Waals surface area contributed by atoms with Gasteiger partial charge in [0, 0.05) is 17.7 Å². The van der Waals surface area contributed by atoms with E-state index in [0.29, 0.717) is 23.5 Å². The summed E-state index contributed by atoms with van der Waals surface area (Å²) in [4.78, 5) is 11.7. The molecule has 0 saturated heterocycles. The lowest BCUT2D eigenvalue weighted by Crippen LogP contribution is -2.13. The van der Waals surface area contributed by atoms with Crippen LogP contribution in [0.25, 0.3) is 22.3 Å². The van der Waals surface area contributed by atoms with Gasteiger partial charge in [0.25, 0.3) is 0 Å². The van der Waals surface area contributed by atoms with Crippen LogP contribution < -0.4 is 15.8 Å². The van der Waals surface area contributed by atoms with Gasteiger partial charge in [0.1, 0.15) is 11.5 Å². The van der Waals surface area contributed by atoms with Gasteiger partial charge in [0.05, 0.1) is 12.8 Å². The number of carbonyl (C=O) groups excluding carboxylic acids is 1. The van der Waals surface area contributed by atoms with Gasteiger partial charge >= 0.3 is 0 Å². The third-order valence-corrected chi connectivity index (χ3v) is 5.74. The van der Waals surface area contributed by atoms with E-state index in [1.165, 1.54) is 0 Å². The first kappa shape index (κ1) is 22.0. The Balaban J connectivity index is 1.59. The minimum atomic E-state index is -0.452. The van der Waals surface area contributed by atoms with Gasteiger partial charge in [-0.15, -0.1) is 0 Å². The van der Waals surface area contributed by atoms with E-state index in [2.05, 4.69) is 5.32 Å². The van der Waals surface area contributed by atoms with Crippen molar-refractivity contribution in [3.8, 4) is 33.8 Å². The van der Waals surface area contributed by atoms with Gasteiger partial charge in [0.15, 0.2) is 0 Å². The predicted molar refractivity (Wildman–Crippen MR) is 133 cm³/mol. The molecule has 0 saturated carbocycles. The zero-order chi connectivity index (χ0) is 23.4. The van der Waals surface area contributed by atoms with Gasteiger partial charge in [-0.1, -0.05) is 60.7 Å². The van der Waals surface area contributed by atoms with Crippen LogP contribution in [0.2, 0.25) is 0 Å². The Morgan fingerprint density at radius 1 is 0.909 bits per heavy atom. The summed E-state index contributed by atoms with van der Waals surface area (Å²) in [6.45, 7) is 2.38. The van der Waals surface area contributed by atoms with Crippen molar-refractivity contribution in [3.63, 3.8) is 0 Å². The number of phenolic OH excluding ortho intramolecular Hbond substituents is 1. The Kier molecular flexibility index (Phi) is 6.31. The second-order valence-electron chi connectivity index (χ2n) is 7.83. The van der Waals surface area contributed by atoms with E-state index in [9.17, 15) is 9.90 Å². The minimum Gasteiger partial charge on any atom is -0.506 e. The first-order valence-electron chi connectivity index (χ1n) is 10.7. The van der Waals surface area contributed by atoms with Crippen molar-refractivity contribution in [1.29, 1.82) is 0 Å². The summed E-state index contributed by atoms with van der Waals surface area (Å²) in [7, 11) is 1.62. The number of methoxy groups -OCH3 is 1. The molecule has 0 bridgehead atoms. The van der Waals surface area contributed by atoms with Crippen LogP contribution in [0.15, 0.2) is 84.9 Å². The number of aromatic hydroxyl groups is 1. The molecule has 0 aliphatic carbocycles. The Bertz CT molecular complexity index is 1300. The molecule has 0 aliphatic rings. The number of hydrogen-bond acceptors (Lipinski definition) is 4. The standard InChI is InChI=1S/C28H26N2O3/c1-18-22(9-6-10-23(18)28(29)32)24-13-11-19(15-27(24)33-2)17-30-25-16-21(12-14-26(25)31)20-7-4-3-5-8-20/h3-16,30-31H,17H2,1-2H3,(H2,29,32). The van der Waals surface area contributed by atoms with Crippen molar-refractivity contribution in [2.24, 2.45) is 5.73 Å². The predicted octanol–water partition coefficient (Wildman–Crippen LogP) is 5.75. The Labute approximate surface area is 193 Å². The maximum Gasteiger partial charge on any atom is 0.248 e. The van der Waals surface area contributed by atoms with E-state index in [1.54, 1.807) is 19.2 Å². The van der Waals surface area contributed by atoms with Gasteiger partial charge in [-0.3, -0.25) is 4.79 Å². The molecule has 4 rings (SSSR count). The van der Waals surface area contributed by atoms with Crippen LogP contribution in [0.1, 0.15) is 21.5 Å². The second-order valence-corrected chi connectivity index (χ2v) is 7.83. The lowest BCUT2D eigenvalue weighted by Gasteiger charge is -2.15. The number of nitrogens with one attached hydrogen (secondary N) is 1. The fourth-order valence-corrected chi connectivity index (χ4v) is 3.95. The number of rotatable bonds is 7. The Hall–Kier alpha value is -4.25. The first-order valence-corrected chi connectivity index (χ1v) is 10.7. The highest BCUT2D eigenvalue weighted by molar-refractivity contribution is 5.96. The fraction of sp³-hybridized carbons (Fsp3) is 0.107. The number of carbonyl (C=O) groups is 1. The molecule has 0 unspecified atom stereocenters. The molecule has 4 aromatic rings. The summed E-state index contributed by atoms with van der Waals surface area (Å²) in [5.74, 6) is 0.435. The number of nitrogens with two attached hydrogens (primary N) is 1. The van der Waals surface area contributed by atoms with Gasteiger partial charge in [-0.05, 0) is 59.0 Å². The van der Waals surface area contributed by atoms with E-state index < -0.39 is 5.91 Å². The highest BCUT2D eigenvalue weighted by Crippen LogP contribution is 2.35. The average Bonchev–Trinajstić information content (AvgIpc) is 2.84. The van der Waals surface area contributed by atoms with Crippen molar-refractivity contribution in [1.82, 2.24) is 0 Å². The molecule has 0 radical (unpaired) electrons. The molecule has 166 valence electrons. The van der Waals surface area contributed by atoms with Crippen LogP contribution in [0.4, 0.5) is 5.69 Å². The minimum absolute atomic E-state index is 0.192. The van der Waals surface area contributed by atoms with E-state index in [0.717, 1.165) is 33.4 Å². The number of hydrogen-bond donors (Lipinski definition) is 3. The normalized spacial score (nSPS) is 10.6. The van der Waals surface area contributed by atoms with Crippen LogP contribution in [0, 0.1) is 6.92 Å². The van der Waals surface area contributed by atoms with Crippen molar-refractivity contribution < 1.29 is 14.6 Å². The summed E-state index contributed by atoms with van der Waals surface area (Å²) in [6.07, 6.45) is 0. The van der Waals surface area contributed by atoms with Gasteiger partial charge in [-0.2, -0.15) is 0 Å². The zero-order valence-electron chi connectivity index (χ0n) is 18.6. The molecule has 4 aromatic carbocycles. The molecule has 0 aromatic heterocycles. The van der Waals surface area contributed by atoms with Crippen LogP contribution in [0.5, 0.6) is 11.5 Å². The van der Waals surface area contributed by atoms with E-state index in [-0.39, 0.29) is 5.75 Å². The molecule has 4 N–H and O–H groups in total. The summed E-state index contributed by atoms with van der Waals surface area (Å²) in [5.41, 5.74) is 12.4. The number of ether oxygens (including phenoxy) is 1. The molecular weight excluding hydrogens is 412 g/mol. The van der Waals surface area contributed by atoms with Crippen molar-refractivity contribution in [2.45, 2.75) is 13.5 Å². The number of amides is 1. The average molecular weight is 439 g/mol. The maximum atomic E-state index is 11.7. The van der Waals surface area contributed by atoms with Gasteiger partial charge < -0.3 is 20.9 Å². The van der Waals surface area contributed by atoms with E-state index >= 15 is 0 Å². The van der Waals surface area contributed by atoms with Gasteiger partial charge in [-0.25, -0.2) is 0 Å². The molecule has 5 nitrogen and oxygen atoms in total. The fourth-order valence-electron chi connectivity index (χ4n) is 3.95. The third-order valence-electron chi connectivity index (χ3n) is 5.74. The molecule has 0 atom stereocenters. The summed E-state index contributed by atoms with van der Waals surface area (Å²) in [6, 6.07) is 27.0. The second kappa shape index (κ2) is 9.49. The highest BCUT2D eigenvalue weighted by atomic mass is 16.5. The summed E-state index contributed by atoms with van der Waals surface area (Å²) >= 11 is 0. The summed E-state index contributed by atoms with van der Waals surface area (Å²) in [5, 5.41) is 13.6. The molecule has 0 fully saturated rings. The zero-order valence-corrected chi connectivity index (χ0v) is 18.6. The SMILES string of the molecule is COc1cc(CNc2cc(-c3ccccc3)ccc2O)ccc1-c1cccc(C(N)=O)c1C. The van der Waals surface area contributed by atoms with Crippen LogP contribution in [-0.2, 0) is 6.54 Å². The molecular formula is C28H26N2O3. The van der Waals surface area contributed by atoms with Crippen LogP contribution >= 0.6 is 0 Å². The highest BCUT2D eigenvalue weighted by Gasteiger charge is 2.14. The van der Waals surface area contributed by atoms with Gasteiger partial charge in [0.2, 0.25) is 5.91 Å². The topological polar surface area (TPSA) is 84.6 Å². The van der Waals surface area contributed by atoms with Crippen molar-refractivity contribution in [3.05, 3.63) is 102 Å². The number of phenols is 1. The van der Waals surface area contributed by atoms with Crippen LogP contribution in [0.3, 0.4) is 0 Å². The first-order chi connectivity index (χ1) is 16.0. The van der Waals surface area contributed by atoms with Crippen molar-refractivity contribution >= 4 is 11.6 Å². The molecule has 5 heteroatoms. The van der Waals surface area contributed by atoms with E-state index in [1.807, 2.05) is 79.7 Å². The quantitative estimate of drug-likeness (QED) is 0.321. The Morgan fingerprint density at radius 2 is 1.70 bits per heavy atom. The molecule has 1 amide bonds. The molecule has 33 heavy (non-hydrogen) atoms. The monoisotopic (exact) mass is 438 g/mol. The lowest BCUT2D eigenvalue weighted by atomic mass is 9.94. The lowest BCUT2D eigenvalue weighted by molar-refractivity contribution is 0.0999. The van der Waals surface area contributed by atoms with Crippen LogP contribution in [-0.4, -0.2) is 18.1 Å². The van der Waals surface area contributed by atoms with E-state index in [4.69, 9.17) is 10.5 Å². The number of primary amides is 1. The maximum absolute atomic E-state index is 11.7. The molecule has 0 heterocycles. The largest absolute Gasteiger partial charge is 0.506 e. The molecule has 0 aliphatic heterocycles. The number of anilines is 1. The smallest absolute Gasteiger partial charge is 0.248 e. The third kappa shape index (κ3) is 4.67. The molecule has 0 spiro atoms. The Morgan fingerprint density at radius 3 is 2.42 bits per heavy atom. The summed E-state index contributed by atoms with van der Waals surface area (Å²) < 4.78 is 5.66.